The van der Waals surface area contributed by atoms with Crippen molar-refractivity contribution in [1.82, 2.24) is 0 Å². The summed E-state index contributed by atoms with van der Waals surface area (Å²) in [6, 6.07) is 6.70. The minimum Gasteiger partial charge on any atom is -0.384 e. The molecular formula is C11H16N2. The summed E-state index contributed by atoms with van der Waals surface area (Å²) in [6.07, 6.45) is 2.14. The molecule has 1 aromatic rings. The van der Waals surface area contributed by atoms with Gasteiger partial charge in [-0.05, 0) is 37.0 Å². The minimum atomic E-state index is 0.257. The second-order valence-electron chi connectivity index (χ2n) is 3.80. The van der Waals surface area contributed by atoms with Gasteiger partial charge in [-0.1, -0.05) is 12.1 Å². The molecule has 1 unspecified atom stereocenters. The third-order valence-corrected chi connectivity index (χ3v) is 2.51. The SMILES string of the molecule is CC(N)Cc1cccc2c1CCN2. The molecule has 3 N–H and O–H groups in total. The Morgan fingerprint density at radius 2 is 2.38 bits per heavy atom. The van der Waals surface area contributed by atoms with E-state index in [0.717, 1.165) is 19.4 Å². The van der Waals surface area contributed by atoms with Crippen molar-refractivity contribution in [1.29, 1.82) is 0 Å². The molecule has 0 saturated carbocycles. The summed E-state index contributed by atoms with van der Waals surface area (Å²) < 4.78 is 0. The third kappa shape index (κ3) is 1.68. The van der Waals surface area contributed by atoms with Crippen LogP contribution in [0.25, 0.3) is 0 Å². The van der Waals surface area contributed by atoms with Crippen LogP contribution in [0.1, 0.15) is 18.1 Å². The highest BCUT2D eigenvalue weighted by Gasteiger charge is 2.13. The maximum absolute atomic E-state index is 5.80. The summed E-state index contributed by atoms with van der Waals surface area (Å²) in [5.41, 5.74) is 9.99. The van der Waals surface area contributed by atoms with Crippen molar-refractivity contribution in [2.45, 2.75) is 25.8 Å². The fourth-order valence-corrected chi connectivity index (χ4v) is 1.96. The van der Waals surface area contributed by atoms with Crippen LogP contribution in [0.3, 0.4) is 0 Å². The first kappa shape index (κ1) is 8.57. The number of rotatable bonds is 2. The normalized spacial score (nSPS) is 16.5. The number of nitrogens with two attached hydrogens (primary N) is 1. The van der Waals surface area contributed by atoms with Crippen LogP contribution in [0.2, 0.25) is 0 Å². The molecule has 0 aliphatic carbocycles. The Labute approximate surface area is 79.1 Å². The van der Waals surface area contributed by atoms with E-state index in [9.17, 15) is 0 Å². The van der Waals surface area contributed by atoms with Crippen molar-refractivity contribution in [3.05, 3.63) is 29.3 Å². The Hall–Kier alpha value is -1.02. The first-order chi connectivity index (χ1) is 6.27. The average molecular weight is 176 g/mol. The van der Waals surface area contributed by atoms with Gasteiger partial charge in [0.05, 0.1) is 0 Å². The van der Waals surface area contributed by atoms with Crippen LogP contribution in [-0.2, 0) is 12.8 Å². The fraction of sp³-hybridized carbons (Fsp3) is 0.455. The van der Waals surface area contributed by atoms with Gasteiger partial charge in [-0.3, -0.25) is 0 Å². The lowest BCUT2D eigenvalue weighted by molar-refractivity contribution is 0.733. The maximum atomic E-state index is 5.80. The van der Waals surface area contributed by atoms with Crippen molar-refractivity contribution in [2.75, 3.05) is 11.9 Å². The van der Waals surface area contributed by atoms with E-state index in [2.05, 4.69) is 30.4 Å². The molecule has 2 rings (SSSR count). The summed E-state index contributed by atoms with van der Waals surface area (Å²) in [5.74, 6) is 0. The van der Waals surface area contributed by atoms with E-state index in [1.54, 1.807) is 0 Å². The molecule has 0 radical (unpaired) electrons. The summed E-state index contributed by atoms with van der Waals surface area (Å²) in [4.78, 5) is 0. The molecule has 1 atom stereocenters. The molecule has 0 fully saturated rings. The molecular weight excluding hydrogens is 160 g/mol. The van der Waals surface area contributed by atoms with Crippen molar-refractivity contribution < 1.29 is 0 Å². The van der Waals surface area contributed by atoms with Gasteiger partial charge in [0.15, 0.2) is 0 Å². The number of hydrogen-bond donors (Lipinski definition) is 2. The van der Waals surface area contributed by atoms with Gasteiger partial charge in [0.2, 0.25) is 0 Å². The van der Waals surface area contributed by atoms with Crippen molar-refractivity contribution in [3.8, 4) is 0 Å². The Bertz CT molecular complexity index is 305. The standard InChI is InChI=1S/C11H16N2/c1-8(12)7-9-3-2-4-11-10(9)5-6-13-11/h2-4,8,13H,5-7,12H2,1H3. The van der Waals surface area contributed by atoms with E-state index in [-0.39, 0.29) is 6.04 Å². The molecule has 0 bridgehead atoms. The van der Waals surface area contributed by atoms with Crippen LogP contribution in [0.15, 0.2) is 18.2 Å². The lowest BCUT2D eigenvalue weighted by atomic mass is 9.99. The smallest absolute Gasteiger partial charge is 0.0376 e. The number of benzene rings is 1. The zero-order chi connectivity index (χ0) is 9.26. The van der Waals surface area contributed by atoms with Crippen LogP contribution in [-0.4, -0.2) is 12.6 Å². The molecule has 0 saturated heterocycles. The molecule has 0 aromatic heterocycles. The van der Waals surface area contributed by atoms with Gasteiger partial charge in [-0.25, -0.2) is 0 Å². The summed E-state index contributed by atoms with van der Waals surface area (Å²) in [5, 5.41) is 3.37. The van der Waals surface area contributed by atoms with Gasteiger partial charge in [0.1, 0.15) is 0 Å². The number of fused-ring (bicyclic) bond motifs is 1. The molecule has 70 valence electrons. The first-order valence-electron chi connectivity index (χ1n) is 4.87. The second kappa shape index (κ2) is 3.38. The molecule has 2 heteroatoms. The Kier molecular flexibility index (Phi) is 2.23. The predicted octanol–water partition coefficient (Wildman–Crippen LogP) is 1.54. The molecule has 13 heavy (non-hydrogen) atoms. The molecule has 1 heterocycles. The van der Waals surface area contributed by atoms with E-state index < -0.39 is 0 Å². The van der Waals surface area contributed by atoms with E-state index in [1.165, 1.54) is 16.8 Å². The lowest BCUT2D eigenvalue weighted by Gasteiger charge is -2.09. The van der Waals surface area contributed by atoms with Crippen molar-refractivity contribution >= 4 is 5.69 Å². The van der Waals surface area contributed by atoms with Crippen molar-refractivity contribution in [3.63, 3.8) is 0 Å². The Morgan fingerprint density at radius 1 is 1.54 bits per heavy atom. The summed E-state index contributed by atoms with van der Waals surface area (Å²) in [7, 11) is 0. The average Bonchev–Trinajstić information content (AvgIpc) is 2.51. The van der Waals surface area contributed by atoms with Gasteiger partial charge in [-0.2, -0.15) is 0 Å². The number of hydrogen-bond acceptors (Lipinski definition) is 2. The first-order valence-corrected chi connectivity index (χ1v) is 4.87. The van der Waals surface area contributed by atoms with Crippen LogP contribution < -0.4 is 11.1 Å². The minimum absolute atomic E-state index is 0.257. The largest absolute Gasteiger partial charge is 0.384 e. The summed E-state index contributed by atoms with van der Waals surface area (Å²) >= 11 is 0. The number of nitrogens with one attached hydrogen (secondary N) is 1. The zero-order valence-electron chi connectivity index (χ0n) is 8.01. The maximum Gasteiger partial charge on any atom is 0.0376 e. The van der Waals surface area contributed by atoms with E-state index in [4.69, 9.17) is 5.73 Å². The highest BCUT2D eigenvalue weighted by molar-refractivity contribution is 5.58. The number of anilines is 1. The molecule has 1 aromatic carbocycles. The van der Waals surface area contributed by atoms with Gasteiger partial charge in [0, 0.05) is 18.3 Å². The third-order valence-electron chi connectivity index (χ3n) is 2.51. The fourth-order valence-electron chi connectivity index (χ4n) is 1.96. The van der Waals surface area contributed by atoms with Crippen LogP contribution >= 0.6 is 0 Å². The predicted molar refractivity (Wildman–Crippen MR) is 56.0 cm³/mol. The second-order valence-corrected chi connectivity index (χ2v) is 3.80. The Balaban J connectivity index is 2.30. The highest BCUT2D eigenvalue weighted by atomic mass is 14.9. The molecule has 0 amide bonds. The zero-order valence-corrected chi connectivity index (χ0v) is 8.01. The van der Waals surface area contributed by atoms with Gasteiger partial charge in [0.25, 0.3) is 0 Å². The van der Waals surface area contributed by atoms with Crippen molar-refractivity contribution in [2.24, 2.45) is 5.73 Å². The highest BCUT2D eigenvalue weighted by Crippen LogP contribution is 2.25. The lowest BCUT2D eigenvalue weighted by Crippen LogP contribution is -2.18. The van der Waals surface area contributed by atoms with Crippen LogP contribution in [0.5, 0.6) is 0 Å². The molecule has 1 aliphatic heterocycles. The monoisotopic (exact) mass is 176 g/mol. The quantitative estimate of drug-likeness (QED) is 0.717. The van der Waals surface area contributed by atoms with E-state index >= 15 is 0 Å². The van der Waals surface area contributed by atoms with Crippen LogP contribution in [0, 0.1) is 0 Å². The topological polar surface area (TPSA) is 38.0 Å². The van der Waals surface area contributed by atoms with Gasteiger partial charge >= 0.3 is 0 Å². The van der Waals surface area contributed by atoms with Crippen LogP contribution in [0.4, 0.5) is 5.69 Å². The van der Waals surface area contributed by atoms with Gasteiger partial charge in [-0.15, -0.1) is 0 Å². The summed E-state index contributed by atoms with van der Waals surface area (Å²) in [6.45, 7) is 3.13. The molecule has 0 spiro atoms. The Morgan fingerprint density at radius 3 is 3.15 bits per heavy atom. The van der Waals surface area contributed by atoms with Gasteiger partial charge < -0.3 is 11.1 Å². The van der Waals surface area contributed by atoms with E-state index in [1.807, 2.05) is 0 Å². The molecule has 1 aliphatic rings. The molecule has 2 nitrogen and oxygen atoms in total. The van der Waals surface area contributed by atoms with E-state index in [0.29, 0.717) is 0 Å².